The molecular formula is C47H48N2O8. The smallest absolute Gasteiger partial charge is 0.338 e. The fraction of sp³-hybridized carbons (Fsp3) is 0.340. The number of likely N-dealkylation sites (N-methyl/N-ethyl adjacent to an activating group) is 1. The molecule has 57 heavy (non-hydrogen) atoms. The summed E-state index contributed by atoms with van der Waals surface area (Å²) in [7, 11) is 1.59. The molecule has 3 fully saturated rings. The predicted molar refractivity (Wildman–Crippen MR) is 214 cm³/mol. The summed E-state index contributed by atoms with van der Waals surface area (Å²) in [4.78, 5) is 43.3. The second-order valence-corrected chi connectivity index (χ2v) is 15.3. The number of nitrogens with one attached hydrogen (secondary N) is 1. The molecule has 0 aromatic heterocycles. The van der Waals surface area contributed by atoms with Gasteiger partial charge in [-0.1, -0.05) is 115 Å². The van der Waals surface area contributed by atoms with Crippen LogP contribution in [0.15, 0.2) is 133 Å². The van der Waals surface area contributed by atoms with Crippen LogP contribution in [-0.4, -0.2) is 84.6 Å². The number of fused-ring (bicyclic) bond motifs is 2. The molecule has 10 heteroatoms. The number of hydrogen-bond acceptors (Lipinski definition) is 8. The van der Waals surface area contributed by atoms with Crippen molar-refractivity contribution in [1.29, 1.82) is 0 Å². The highest BCUT2D eigenvalue weighted by atomic mass is 16.8. The number of esters is 1. The van der Waals surface area contributed by atoms with E-state index >= 15 is 0 Å². The fourth-order valence-corrected chi connectivity index (χ4v) is 8.28. The zero-order chi connectivity index (χ0) is 39.4. The summed E-state index contributed by atoms with van der Waals surface area (Å²) < 4.78 is 25.8. The van der Waals surface area contributed by atoms with E-state index in [1.807, 2.05) is 103 Å². The molecule has 2 aliphatic carbocycles. The minimum atomic E-state index is -1.36. The van der Waals surface area contributed by atoms with E-state index in [2.05, 4.69) is 17.5 Å². The van der Waals surface area contributed by atoms with Gasteiger partial charge in [0.15, 0.2) is 0 Å². The van der Waals surface area contributed by atoms with E-state index in [0.717, 1.165) is 41.5 Å². The van der Waals surface area contributed by atoms with Gasteiger partial charge in [0, 0.05) is 43.1 Å². The minimum Gasteiger partial charge on any atom is -0.456 e. The summed E-state index contributed by atoms with van der Waals surface area (Å²) in [6, 6.07) is 35.0. The lowest BCUT2D eigenvalue weighted by Crippen LogP contribution is -2.51. The van der Waals surface area contributed by atoms with E-state index in [4.69, 9.17) is 18.9 Å². The Morgan fingerprint density at radius 2 is 1.54 bits per heavy atom. The van der Waals surface area contributed by atoms with Crippen molar-refractivity contribution in [3.63, 3.8) is 0 Å². The number of carbonyl (C=O) groups is 3. The van der Waals surface area contributed by atoms with Crippen molar-refractivity contribution in [3.8, 4) is 0 Å². The summed E-state index contributed by atoms with van der Waals surface area (Å²) in [6.07, 6.45) is 8.03. The number of hydrogen-bond donors (Lipinski definition) is 2. The first-order valence-electron chi connectivity index (χ1n) is 19.8. The van der Waals surface area contributed by atoms with Crippen LogP contribution in [0.25, 0.3) is 6.08 Å². The predicted octanol–water partition coefficient (Wildman–Crippen LogP) is 5.99. The number of allylic oxidation sites excluding steroid dienone is 1. The Morgan fingerprint density at radius 3 is 2.19 bits per heavy atom. The Bertz CT molecular complexity index is 2050. The number of aliphatic hydroxyl groups excluding tert-OH is 1. The van der Waals surface area contributed by atoms with Crippen LogP contribution in [0.2, 0.25) is 0 Å². The van der Waals surface area contributed by atoms with Crippen molar-refractivity contribution < 1.29 is 38.4 Å². The van der Waals surface area contributed by atoms with Gasteiger partial charge in [-0.05, 0) is 54.5 Å². The normalized spacial score (nSPS) is 25.1. The van der Waals surface area contributed by atoms with Crippen molar-refractivity contribution in [2.75, 3.05) is 20.2 Å². The summed E-state index contributed by atoms with van der Waals surface area (Å²) in [6.45, 7) is -0.183. The third-order valence-corrected chi connectivity index (χ3v) is 11.4. The number of carbonyl (C=O) groups excluding carboxylic acids is 3. The van der Waals surface area contributed by atoms with Crippen LogP contribution in [0, 0.1) is 5.92 Å². The van der Waals surface area contributed by atoms with Crippen LogP contribution in [0.1, 0.15) is 58.3 Å². The maximum Gasteiger partial charge on any atom is 0.338 e. The van der Waals surface area contributed by atoms with E-state index in [9.17, 15) is 19.5 Å². The van der Waals surface area contributed by atoms with Crippen LogP contribution < -0.4 is 5.32 Å². The highest BCUT2D eigenvalue weighted by molar-refractivity contribution is 5.97. The summed E-state index contributed by atoms with van der Waals surface area (Å²) in [5.74, 6) is -2.23. The van der Waals surface area contributed by atoms with Crippen LogP contribution >= 0.6 is 0 Å². The number of epoxide rings is 1. The third-order valence-electron chi connectivity index (χ3n) is 11.4. The Hall–Kier alpha value is -5.39. The second kappa shape index (κ2) is 17.0. The molecule has 4 aliphatic rings. The molecule has 0 spiro atoms. The SMILES string of the molecule is CN(C(=O)C1=CC2OC(c3ccccc3)(c3ccccc3)OC2C(OC(=O)c2ccc(C=CC3CCC4OC4C3)cc2)C1)C(Cc1ccccc1)C(=O)NCCO. The molecule has 1 saturated carbocycles. The molecule has 10 nitrogen and oxygen atoms in total. The van der Waals surface area contributed by atoms with Gasteiger partial charge in [-0.2, -0.15) is 0 Å². The lowest BCUT2D eigenvalue weighted by molar-refractivity contribution is -0.157. The van der Waals surface area contributed by atoms with Gasteiger partial charge in [-0.3, -0.25) is 9.59 Å². The van der Waals surface area contributed by atoms with Gasteiger partial charge in [-0.25, -0.2) is 4.79 Å². The topological polar surface area (TPSA) is 127 Å². The highest BCUT2D eigenvalue weighted by Gasteiger charge is 2.55. The van der Waals surface area contributed by atoms with Crippen molar-refractivity contribution in [3.05, 3.63) is 161 Å². The molecular weight excluding hydrogens is 721 g/mol. The Balaban J connectivity index is 1.07. The molecule has 2 heterocycles. The summed E-state index contributed by atoms with van der Waals surface area (Å²) >= 11 is 0. The Kier molecular flexibility index (Phi) is 11.5. The molecule has 2 amide bonds. The lowest BCUT2D eigenvalue weighted by atomic mass is 9.89. The zero-order valence-corrected chi connectivity index (χ0v) is 31.9. The van der Waals surface area contributed by atoms with Gasteiger partial charge in [0.1, 0.15) is 24.4 Å². The van der Waals surface area contributed by atoms with Crippen LogP contribution in [0.5, 0.6) is 0 Å². The third kappa shape index (κ3) is 8.50. The van der Waals surface area contributed by atoms with Crippen LogP contribution in [-0.2, 0) is 40.7 Å². The summed E-state index contributed by atoms with van der Waals surface area (Å²) in [5.41, 5.74) is 4.05. The standard InChI is InChI=1S/C47H48N2O8/c1-49(38(44(51)48-25-26-50)27-32-11-5-2-6-12-32)45(52)35-29-41(55-46(53)34-22-19-31(20-23-34)17-18-33-21-24-39-40(28-33)54-39)43-42(30-35)56-47(57-43,36-13-7-3-8-14-36)37-15-9-4-10-16-37/h2-20,22-23,30,33,38-43,50H,21,24-29H2,1H3,(H,48,51). The molecule has 0 radical (unpaired) electrons. The molecule has 7 atom stereocenters. The van der Waals surface area contributed by atoms with Crippen molar-refractivity contribution in [2.24, 2.45) is 5.92 Å². The van der Waals surface area contributed by atoms with E-state index in [-0.39, 0.29) is 26.0 Å². The molecule has 0 bridgehead atoms. The van der Waals surface area contributed by atoms with Crippen LogP contribution in [0.3, 0.4) is 0 Å². The number of ether oxygens (including phenoxy) is 4. The van der Waals surface area contributed by atoms with Crippen molar-refractivity contribution in [2.45, 2.75) is 74.5 Å². The Labute approximate surface area is 333 Å². The average Bonchev–Trinajstić information content (AvgIpc) is 3.93. The number of nitrogens with zero attached hydrogens (tertiary/aromatic N) is 1. The molecule has 2 aliphatic heterocycles. The number of rotatable bonds is 13. The average molecular weight is 769 g/mol. The first-order valence-corrected chi connectivity index (χ1v) is 19.8. The van der Waals surface area contributed by atoms with Gasteiger partial charge in [0.25, 0.3) is 0 Å². The van der Waals surface area contributed by atoms with Gasteiger partial charge in [0.2, 0.25) is 17.6 Å². The maximum absolute atomic E-state index is 14.5. The molecule has 7 unspecified atom stereocenters. The number of benzene rings is 4. The Morgan fingerprint density at radius 1 is 0.877 bits per heavy atom. The van der Waals surface area contributed by atoms with Crippen molar-refractivity contribution in [1.82, 2.24) is 10.2 Å². The van der Waals surface area contributed by atoms with E-state index in [1.54, 1.807) is 25.3 Å². The molecule has 8 rings (SSSR count). The lowest BCUT2D eigenvalue weighted by Gasteiger charge is -2.33. The molecule has 4 aromatic carbocycles. The van der Waals surface area contributed by atoms with Gasteiger partial charge >= 0.3 is 5.97 Å². The monoisotopic (exact) mass is 768 g/mol. The van der Waals surface area contributed by atoms with Gasteiger partial charge in [-0.15, -0.1) is 0 Å². The first-order chi connectivity index (χ1) is 27.8. The van der Waals surface area contributed by atoms with Crippen LogP contribution in [0.4, 0.5) is 0 Å². The quantitative estimate of drug-likeness (QED) is 0.126. The largest absolute Gasteiger partial charge is 0.456 e. The molecule has 4 aromatic rings. The molecule has 2 N–H and O–H groups in total. The minimum absolute atomic E-state index is 0.0309. The highest BCUT2D eigenvalue weighted by Crippen LogP contribution is 2.47. The van der Waals surface area contributed by atoms with Gasteiger partial charge < -0.3 is 34.3 Å². The van der Waals surface area contributed by atoms with Gasteiger partial charge in [0.05, 0.1) is 24.4 Å². The fourth-order valence-electron chi connectivity index (χ4n) is 8.28. The zero-order valence-electron chi connectivity index (χ0n) is 31.9. The molecule has 2 saturated heterocycles. The first kappa shape index (κ1) is 38.5. The van der Waals surface area contributed by atoms with E-state index in [1.165, 1.54) is 4.90 Å². The van der Waals surface area contributed by atoms with E-state index < -0.39 is 47.9 Å². The summed E-state index contributed by atoms with van der Waals surface area (Å²) in [5, 5.41) is 12.2. The maximum atomic E-state index is 14.5. The second-order valence-electron chi connectivity index (χ2n) is 15.3. The van der Waals surface area contributed by atoms with Crippen molar-refractivity contribution >= 4 is 23.9 Å². The van der Waals surface area contributed by atoms with E-state index in [0.29, 0.717) is 29.3 Å². The molecule has 294 valence electrons. The number of aliphatic hydroxyl groups is 1. The number of amides is 2.